The van der Waals surface area contributed by atoms with Gasteiger partial charge in [-0.15, -0.1) is 0 Å². The number of benzene rings is 2. The smallest absolute Gasteiger partial charge is 0.244 e. The first-order valence-corrected chi connectivity index (χ1v) is 12.7. The monoisotopic (exact) mass is 497 g/mol. The van der Waals surface area contributed by atoms with E-state index in [0.717, 1.165) is 28.3 Å². The van der Waals surface area contributed by atoms with Crippen molar-refractivity contribution in [2.45, 2.75) is 33.4 Å². The molecule has 0 bridgehead atoms. The number of amides is 2. The fourth-order valence-electron chi connectivity index (χ4n) is 3.04. The van der Waals surface area contributed by atoms with E-state index >= 15 is 0 Å². The standard InChI is InChI=1S/C23H29ClFN3O4S/c1-16(2)13-26-23(30)17(3)27(14-18-5-7-19(24)8-6-18)22(29)15-28(33(4,31)32)21-11-9-20(25)10-12-21/h5-12,16-17H,13-15H2,1-4H3,(H,26,30). The molecule has 0 fully saturated rings. The van der Waals surface area contributed by atoms with Crippen LogP contribution in [0.3, 0.4) is 0 Å². The second kappa shape index (κ2) is 11.5. The van der Waals surface area contributed by atoms with Crippen LogP contribution in [0.2, 0.25) is 5.02 Å². The summed E-state index contributed by atoms with van der Waals surface area (Å²) < 4.78 is 39.1. The summed E-state index contributed by atoms with van der Waals surface area (Å²) in [6, 6.07) is 10.7. The predicted molar refractivity (Wildman–Crippen MR) is 128 cm³/mol. The summed E-state index contributed by atoms with van der Waals surface area (Å²) in [7, 11) is -3.86. The van der Waals surface area contributed by atoms with Gasteiger partial charge in [0.1, 0.15) is 18.4 Å². The summed E-state index contributed by atoms with van der Waals surface area (Å²) in [5.74, 6) is -1.23. The van der Waals surface area contributed by atoms with Crippen LogP contribution in [-0.4, -0.2) is 50.5 Å². The molecule has 0 heterocycles. The number of carbonyl (C=O) groups excluding carboxylic acids is 2. The molecule has 0 saturated carbocycles. The summed E-state index contributed by atoms with van der Waals surface area (Å²) in [4.78, 5) is 27.4. The molecule has 0 saturated heterocycles. The van der Waals surface area contributed by atoms with Gasteiger partial charge < -0.3 is 10.2 Å². The Hall–Kier alpha value is -2.65. The first-order chi connectivity index (χ1) is 15.4. The number of rotatable bonds is 10. The van der Waals surface area contributed by atoms with Crippen molar-refractivity contribution >= 4 is 39.1 Å². The largest absolute Gasteiger partial charge is 0.354 e. The van der Waals surface area contributed by atoms with Crippen LogP contribution in [0.1, 0.15) is 26.3 Å². The second-order valence-electron chi connectivity index (χ2n) is 8.21. The normalized spacial score (nSPS) is 12.3. The van der Waals surface area contributed by atoms with Crippen molar-refractivity contribution in [2.75, 3.05) is 23.7 Å². The van der Waals surface area contributed by atoms with Crippen LogP contribution in [0.5, 0.6) is 0 Å². The summed E-state index contributed by atoms with van der Waals surface area (Å²) in [5.41, 5.74) is 0.875. The molecule has 1 unspecified atom stereocenters. The van der Waals surface area contributed by atoms with Gasteiger partial charge in [-0.3, -0.25) is 13.9 Å². The quantitative estimate of drug-likeness (QED) is 0.544. The minimum atomic E-state index is -3.86. The Bertz CT molecular complexity index is 1060. The molecule has 2 amide bonds. The zero-order valence-corrected chi connectivity index (χ0v) is 20.7. The van der Waals surface area contributed by atoms with Crippen molar-refractivity contribution < 1.29 is 22.4 Å². The number of sulfonamides is 1. The lowest BCUT2D eigenvalue weighted by atomic mass is 10.1. The zero-order chi connectivity index (χ0) is 24.8. The first kappa shape index (κ1) is 26.6. The van der Waals surface area contributed by atoms with Gasteiger partial charge in [0, 0.05) is 18.1 Å². The molecule has 2 rings (SSSR count). The lowest BCUT2D eigenvalue weighted by molar-refractivity contribution is -0.139. The number of halogens is 2. The Morgan fingerprint density at radius 2 is 1.61 bits per heavy atom. The van der Waals surface area contributed by atoms with Crippen LogP contribution in [0.4, 0.5) is 10.1 Å². The van der Waals surface area contributed by atoms with Gasteiger partial charge in [-0.2, -0.15) is 0 Å². The molecule has 0 radical (unpaired) electrons. The van der Waals surface area contributed by atoms with Crippen LogP contribution >= 0.6 is 11.6 Å². The molecular weight excluding hydrogens is 469 g/mol. The topological polar surface area (TPSA) is 86.8 Å². The van der Waals surface area contributed by atoms with Gasteiger partial charge in [-0.25, -0.2) is 12.8 Å². The van der Waals surface area contributed by atoms with Crippen LogP contribution in [0.25, 0.3) is 0 Å². The van der Waals surface area contributed by atoms with Gasteiger partial charge >= 0.3 is 0 Å². The lowest BCUT2D eigenvalue weighted by Gasteiger charge is -2.31. The summed E-state index contributed by atoms with van der Waals surface area (Å²) >= 11 is 5.95. The fourth-order valence-corrected chi connectivity index (χ4v) is 4.02. The van der Waals surface area contributed by atoms with Gasteiger partial charge in [0.15, 0.2) is 0 Å². The molecule has 10 heteroatoms. The highest BCUT2D eigenvalue weighted by Crippen LogP contribution is 2.20. The number of carbonyl (C=O) groups is 2. The average Bonchev–Trinajstić information content (AvgIpc) is 2.74. The highest BCUT2D eigenvalue weighted by Gasteiger charge is 2.30. The highest BCUT2D eigenvalue weighted by atomic mass is 35.5. The predicted octanol–water partition coefficient (Wildman–Crippen LogP) is 3.43. The number of nitrogens with zero attached hydrogens (tertiary/aromatic N) is 2. The van der Waals surface area contributed by atoms with E-state index < -0.39 is 34.3 Å². The summed E-state index contributed by atoms with van der Waals surface area (Å²) in [5, 5.41) is 3.33. The highest BCUT2D eigenvalue weighted by molar-refractivity contribution is 7.92. The molecule has 2 aromatic rings. The molecule has 7 nitrogen and oxygen atoms in total. The molecule has 1 atom stereocenters. The first-order valence-electron chi connectivity index (χ1n) is 10.4. The van der Waals surface area contributed by atoms with Crippen LogP contribution in [-0.2, 0) is 26.2 Å². The number of hydrogen-bond acceptors (Lipinski definition) is 4. The van der Waals surface area contributed by atoms with Crippen molar-refractivity contribution in [3.8, 4) is 0 Å². The molecule has 0 aliphatic heterocycles. The number of hydrogen-bond donors (Lipinski definition) is 1. The molecule has 0 spiro atoms. The average molecular weight is 498 g/mol. The Balaban J connectivity index is 2.34. The third-order valence-corrected chi connectivity index (χ3v) is 6.30. The lowest BCUT2D eigenvalue weighted by Crippen LogP contribution is -2.51. The maximum absolute atomic E-state index is 13.3. The van der Waals surface area contributed by atoms with Crippen molar-refractivity contribution in [3.05, 3.63) is 64.9 Å². The number of anilines is 1. The Morgan fingerprint density at radius 1 is 1.03 bits per heavy atom. The van der Waals surface area contributed by atoms with Crippen molar-refractivity contribution in [1.29, 1.82) is 0 Å². The molecule has 180 valence electrons. The van der Waals surface area contributed by atoms with Crippen molar-refractivity contribution in [3.63, 3.8) is 0 Å². The molecule has 0 aliphatic rings. The van der Waals surface area contributed by atoms with E-state index in [9.17, 15) is 22.4 Å². The Kier molecular flexibility index (Phi) is 9.25. The number of nitrogens with one attached hydrogen (secondary N) is 1. The van der Waals surface area contributed by atoms with Gasteiger partial charge in [0.2, 0.25) is 21.8 Å². The molecule has 33 heavy (non-hydrogen) atoms. The minimum Gasteiger partial charge on any atom is -0.354 e. The van der Waals surface area contributed by atoms with Crippen LogP contribution in [0.15, 0.2) is 48.5 Å². The Morgan fingerprint density at radius 3 is 2.12 bits per heavy atom. The van der Waals surface area contributed by atoms with Gasteiger partial charge in [0.25, 0.3) is 0 Å². The van der Waals surface area contributed by atoms with Gasteiger partial charge in [0.05, 0.1) is 11.9 Å². The van der Waals surface area contributed by atoms with E-state index in [1.807, 2.05) is 13.8 Å². The van der Waals surface area contributed by atoms with Crippen molar-refractivity contribution in [2.24, 2.45) is 5.92 Å². The van der Waals surface area contributed by atoms with Gasteiger partial charge in [-0.1, -0.05) is 37.6 Å². The van der Waals surface area contributed by atoms with Crippen LogP contribution in [0, 0.1) is 11.7 Å². The second-order valence-corrected chi connectivity index (χ2v) is 10.6. The van der Waals surface area contributed by atoms with E-state index in [1.165, 1.54) is 17.0 Å². The third kappa shape index (κ3) is 8.01. The van der Waals surface area contributed by atoms with E-state index in [2.05, 4.69) is 5.32 Å². The zero-order valence-electron chi connectivity index (χ0n) is 19.1. The molecular formula is C23H29ClFN3O4S. The maximum atomic E-state index is 13.3. The molecule has 2 aromatic carbocycles. The van der Waals surface area contributed by atoms with E-state index in [1.54, 1.807) is 31.2 Å². The van der Waals surface area contributed by atoms with Crippen molar-refractivity contribution in [1.82, 2.24) is 10.2 Å². The summed E-state index contributed by atoms with van der Waals surface area (Å²) in [6.45, 7) is 5.47. The molecule has 0 aliphatic carbocycles. The minimum absolute atomic E-state index is 0.0767. The van der Waals surface area contributed by atoms with E-state index in [4.69, 9.17) is 11.6 Å². The Labute approximate surface area is 199 Å². The van der Waals surface area contributed by atoms with Gasteiger partial charge in [-0.05, 0) is 54.8 Å². The maximum Gasteiger partial charge on any atom is 0.244 e. The SMILES string of the molecule is CC(C)CNC(=O)C(C)N(Cc1ccc(Cl)cc1)C(=O)CN(c1ccc(F)cc1)S(C)(=O)=O. The van der Waals surface area contributed by atoms with Crippen LogP contribution < -0.4 is 9.62 Å². The molecule has 0 aromatic heterocycles. The van der Waals surface area contributed by atoms with E-state index in [0.29, 0.717) is 11.6 Å². The van der Waals surface area contributed by atoms with E-state index in [-0.39, 0.29) is 24.1 Å². The summed E-state index contributed by atoms with van der Waals surface area (Å²) in [6.07, 6.45) is 0.964. The molecule has 1 N–H and O–H groups in total. The fraction of sp³-hybridized carbons (Fsp3) is 0.391. The third-order valence-electron chi connectivity index (χ3n) is 4.91.